The fraction of sp³-hybridized carbons (Fsp3) is 0.174. The molecule has 0 saturated heterocycles. The van der Waals surface area contributed by atoms with Gasteiger partial charge in [0.05, 0.1) is 22.2 Å². The highest BCUT2D eigenvalue weighted by molar-refractivity contribution is 6.45. The van der Waals surface area contributed by atoms with E-state index in [0.29, 0.717) is 22.5 Å². The lowest BCUT2D eigenvalue weighted by Crippen LogP contribution is -2.27. The number of Topliss-reactive ketones (excluding diaryl/α,β-unsaturated/α-hetero) is 1. The fourth-order valence-electron chi connectivity index (χ4n) is 3.17. The van der Waals surface area contributed by atoms with Crippen LogP contribution in [0.5, 0.6) is 0 Å². The number of hydrogen-bond acceptors (Lipinski definition) is 6. The Morgan fingerprint density at radius 2 is 2.00 bits per heavy atom. The lowest BCUT2D eigenvalue weighted by atomic mass is 10.0. The van der Waals surface area contributed by atoms with Gasteiger partial charge in [0.25, 0.3) is 11.7 Å². The van der Waals surface area contributed by atoms with Crippen molar-refractivity contribution in [1.29, 1.82) is 0 Å². The van der Waals surface area contributed by atoms with Gasteiger partial charge in [-0.05, 0) is 18.1 Å². The molecule has 3 heterocycles. The van der Waals surface area contributed by atoms with Gasteiger partial charge in [0.2, 0.25) is 0 Å². The quantitative estimate of drug-likeness (QED) is 0.249. The minimum atomic E-state index is -0.768. The summed E-state index contributed by atoms with van der Waals surface area (Å²) in [6.07, 6.45) is 5.83. The van der Waals surface area contributed by atoms with Crippen LogP contribution in [0.25, 0.3) is 16.6 Å². The van der Waals surface area contributed by atoms with Gasteiger partial charge in [-0.25, -0.2) is 19.3 Å². The summed E-state index contributed by atoms with van der Waals surface area (Å²) in [7, 11) is 1.38. The smallest absolute Gasteiger partial charge is 0.292 e. The highest BCUT2D eigenvalue weighted by Gasteiger charge is 2.22. The van der Waals surface area contributed by atoms with Crippen LogP contribution in [0.1, 0.15) is 41.5 Å². The first kappa shape index (κ1) is 23.8. The van der Waals surface area contributed by atoms with E-state index < -0.39 is 17.5 Å². The van der Waals surface area contributed by atoms with Crippen molar-refractivity contribution in [2.24, 2.45) is 0 Å². The van der Waals surface area contributed by atoms with Gasteiger partial charge in [0.1, 0.15) is 17.3 Å². The van der Waals surface area contributed by atoms with E-state index in [4.69, 9.17) is 11.6 Å². The van der Waals surface area contributed by atoms with Gasteiger partial charge in [-0.2, -0.15) is 0 Å². The molecule has 0 radical (unpaired) electrons. The van der Waals surface area contributed by atoms with Crippen molar-refractivity contribution in [2.45, 2.75) is 19.8 Å². The van der Waals surface area contributed by atoms with Gasteiger partial charge < -0.3 is 15.6 Å². The monoisotopic (exact) mass is 468 g/mol. The molecule has 3 N–H and O–H groups in total. The third-order valence-electron chi connectivity index (χ3n) is 4.78. The number of hydrogen-bond donors (Lipinski definition) is 3. The lowest BCUT2D eigenvalue weighted by molar-refractivity contribution is -0.116. The molecule has 0 fully saturated rings. The Bertz CT molecular complexity index is 1310. The maximum atomic E-state index is 14.1. The Balaban J connectivity index is 2.17. The number of nitrogens with one attached hydrogen (secondary N) is 3. The van der Waals surface area contributed by atoms with Crippen molar-refractivity contribution in [1.82, 2.24) is 25.3 Å². The van der Waals surface area contributed by atoms with E-state index >= 15 is 0 Å². The largest absolute Gasteiger partial charge is 0.352 e. The molecule has 0 aliphatic carbocycles. The van der Waals surface area contributed by atoms with Gasteiger partial charge in [-0.1, -0.05) is 38.6 Å². The summed E-state index contributed by atoms with van der Waals surface area (Å²) >= 11 is 5.83. The third kappa shape index (κ3) is 4.98. The molecule has 0 saturated carbocycles. The number of likely N-dealkylation sites (N-methyl/N-ethyl adjacent to an activating group) is 1. The van der Waals surface area contributed by atoms with Crippen molar-refractivity contribution in [3.8, 4) is 0 Å². The number of carbonyl (C=O) groups excluding carboxylic acids is 2. The summed E-state index contributed by atoms with van der Waals surface area (Å²) in [4.78, 5) is 40.4. The van der Waals surface area contributed by atoms with Gasteiger partial charge in [-0.3, -0.25) is 9.59 Å². The molecule has 0 atom stereocenters. The molecule has 0 aliphatic rings. The van der Waals surface area contributed by atoms with Gasteiger partial charge in [-0.15, -0.1) is 0 Å². The van der Waals surface area contributed by atoms with E-state index in [0.717, 1.165) is 5.56 Å². The van der Waals surface area contributed by atoms with E-state index in [1.807, 2.05) is 13.8 Å². The topological polar surface area (TPSA) is 113 Å². The van der Waals surface area contributed by atoms with Crippen molar-refractivity contribution in [2.75, 3.05) is 12.4 Å². The zero-order valence-corrected chi connectivity index (χ0v) is 19.0. The first-order valence-corrected chi connectivity index (χ1v) is 10.3. The van der Waals surface area contributed by atoms with Crippen LogP contribution in [-0.2, 0) is 4.79 Å². The van der Waals surface area contributed by atoms with Gasteiger partial charge in [0.15, 0.2) is 5.82 Å². The summed E-state index contributed by atoms with van der Waals surface area (Å²) in [6.45, 7) is 10.8. The Hall–Kier alpha value is -3.85. The number of pyridine rings is 1. The van der Waals surface area contributed by atoms with Crippen molar-refractivity contribution < 1.29 is 14.0 Å². The second-order valence-electron chi connectivity index (χ2n) is 7.38. The van der Waals surface area contributed by atoms with Gasteiger partial charge in [0, 0.05) is 36.2 Å². The van der Waals surface area contributed by atoms with Crippen LogP contribution >= 0.6 is 11.6 Å². The zero-order valence-electron chi connectivity index (χ0n) is 18.3. The van der Waals surface area contributed by atoms with Crippen molar-refractivity contribution >= 4 is 51.4 Å². The van der Waals surface area contributed by atoms with E-state index in [-0.39, 0.29) is 27.9 Å². The number of aromatic amines is 1. The number of H-pyrrole nitrogens is 1. The molecule has 0 aliphatic heterocycles. The molecule has 0 bridgehead atoms. The molecular weight excluding hydrogens is 447 g/mol. The summed E-state index contributed by atoms with van der Waals surface area (Å²) in [6, 6.07) is 1.65. The van der Waals surface area contributed by atoms with Crippen LogP contribution in [-0.4, -0.2) is 38.7 Å². The lowest BCUT2D eigenvalue weighted by Gasteiger charge is -2.16. The average molecular weight is 469 g/mol. The molecule has 3 aromatic rings. The summed E-state index contributed by atoms with van der Waals surface area (Å²) in [5.41, 5.74) is 1.77. The second kappa shape index (κ2) is 9.74. The number of rotatable bonds is 8. The Morgan fingerprint density at radius 1 is 1.27 bits per heavy atom. The number of allylic oxidation sites excluding steroid dienone is 4. The summed E-state index contributed by atoms with van der Waals surface area (Å²) < 4.78 is 14.1. The minimum Gasteiger partial charge on any atom is -0.352 e. The highest BCUT2D eigenvalue weighted by Crippen LogP contribution is 2.32. The maximum Gasteiger partial charge on any atom is 0.292 e. The Labute approximate surface area is 194 Å². The molecule has 33 heavy (non-hydrogen) atoms. The highest BCUT2D eigenvalue weighted by atomic mass is 35.5. The number of anilines is 2. The molecular formula is C23H22ClFN6O2. The number of amides is 1. The standard InChI is InChI=1S/C23H22ClFN6O2/c1-11(2)15-9-28-20(14(13(4)25)8-12(3)24)31-21(15)30-17-6-7-27-22-18(17)16(10-29-22)19(32)23(33)26-5/h6-11H,3-4H2,1-2,5H3,(H,26,33)(H2,27,28,29,30,31)/b14-8+. The Kier molecular flexibility index (Phi) is 7.03. The number of aromatic nitrogens is 4. The van der Waals surface area contributed by atoms with Gasteiger partial charge >= 0.3 is 0 Å². The third-order valence-corrected chi connectivity index (χ3v) is 4.89. The van der Waals surface area contributed by atoms with Crippen LogP contribution in [0, 0.1) is 0 Å². The van der Waals surface area contributed by atoms with Crippen LogP contribution < -0.4 is 10.6 Å². The molecule has 170 valence electrons. The minimum absolute atomic E-state index is 0.00893. The number of carbonyl (C=O) groups is 2. The Morgan fingerprint density at radius 3 is 2.61 bits per heavy atom. The van der Waals surface area contributed by atoms with Crippen molar-refractivity contribution in [3.63, 3.8) is 0 Å². The number of ketones is 1. The van der Waals surface area contributed by atoms with Crippen LogP contribution in [0.4, 0.5) is 15.9 Å². The zero-order chi connectivity index (χ0) is 24.3. The average Bonchev–Trinajstić information content (AvgIpc) is 3.21. The molecule has 3 aromatic heterocycles. The number of nitrogens with zero attached hydrogens (tertiary/aromatic N) is 3. The normalized spacial score (nSPS) is 11.5. The molecule has 8 nitrogen and oxygen atoms in total. The molecule has 0 spiro atoms. The van der Waals surface area contributed by atoms with E-state index in [1.54, 1.807) is 18.5 Å². The molecule has 0 aromatic carbocycles. The molecule has 10 heteroatoms. The number of halogens is 2. The predicted molar refractivity (Wildman–Crippen MR) is 127 cm³/mol. The summed E-state index contributed by atoms with van der Waals surface area (Å²) in [5.74, 6) is -1.79. The first-order valence-electron chi connectivity index (χ1n) is 9.91. The first-order chi connectivity index (χ1) is 15.6. The predicted octanol–water partition coefficient (Wildman–Crippen LogP) is 4.77. The van der Waals surface area contributed by atoms with E-state index in [2.05, 4.69) is 43.7 Å². The van der Waals surface area contributed by atoms with Crippen LogP contribution in [0.2, 0.25) is 0 Å². The molecule has 0 unspecified atom stereocenters. The molecule has 1 amide bonds. The van der Waals surface area contributed by atoms with E-state index in [1.165, 1.54) is 19.3 Å². The number of fused-ring (bicyclic) bond motifs is 1. The van der Waals surface area contributed by atoms with Crippen molar-refractivity contribution in [3.05, 3.63) is 71.7 Å². The summed E-state index contributed by atoms with van der Waals surface area (Å²) in [5, 5.41) is 6.03. The second-order valence-corrected chi connectivity index (χ2v) is 7.87. The fourth-order valence-corrected chi connectivity index (χ4v) is 3.28. The maximum absolute atomic E-state index is 14.1. The van der Waals surface area contributed by atoms with Crippen LogP contribution in [0.3, 0.4) is 0 Å². The van der Waals surface area contributed by atoms with Crippen LogP contribution in [0.15, 0.2) is 54.7 Å². The molecule has 3 rings (SSSR count). The van der Waals surface area contributed by atoms with E-state index in [9.17, 15) is 14.0 Å². The SMILES string of the molecule is C=C(Cl)/C=C(\C(=C)F)c1ncc(C(C)C)c(Nc2ccnc3[nH]cc(C(=O)C(=O)NC)c23)n1.